The van der Waals surface area contributed by atoms with E-state index in [0.29, 0.717) is 59.1 Å². The van der Waals surface area contributed by atoms with Gasteiger partial charge in [-0.2, -0.15) is 0 Å². The number of amides is 1. The van der Waals surface area contributed by atoms with E-state index < -0.39 is 11.5 Å². The average molecular weight is 576 g/mol. The first-order valence-electron chi connectivity index (χ1n) is 13.2. The average Bonchev–Trinajstić information content (AvgIpc) is 2.98. The number of anilines is 1. The van der Waals surface area contributed by atoms with E-state index in [2.05, 4.69) is 0 Å². The number of fused-ring (bicyclic) bond motifs is 1. The van der Waals surface area contributed by atoms with Crippen LogP contribution in [0, 0.1) is 0 Å². The molecular formula is C32H34ClN3O5. The van der Waals surface area contributed by atoms with E-state index in [-0.39, 0.29) is 32.0 Å². The molecule has 41 heavy (non-hydrogen) atoms. The molecule has 0 aliphatic carbocycles. The number of carbonyl (C=O) groups is 2. The predicted octanol–water partition coefficient (Wildman–Crippen LogP) is 5.49. The number of carbonyl (C=O) groups excluding carboxylic acids is 2. The minimum absolute atomic E-state index is 0. The van der Waals surface area contributed by atoms with Gasteiger partial charge < -0.3 is 23.8 Å². The van der Waals surface area contributed by atoms with Crippen LogP contribution in [-0.2, 0) is 11.3 Å². The molecule has 0 N–H and O–H groups in total. The standard InChI is InChI=1S/C31H30ClN3O5.CH4/c1-3-40-31(38)27-28(33-15-17-34(18-16-33)29(36)22-9-12-24(39-2)13-10-22)25-19-23(32)11-14-26(25)35(30(27)37)20-21-7-5-4-6-8-21;/h4-14,19H,3,15-18,20H2,1-2H3;1H4. The fraction of sp³-hybridized carbons (Fsp3) is 0.281. The van der Waals surface area contributed by atoms with Crippen molar-refractivity contribution >= 4 is 40.1 Å². The van der Waals surface area contributed by atoms with Crippen molar-refractivity contribution < 1.29 is 19.1 Å². The molecule has 1 amide bonds. The van der Waals surface area contributed by atoms with Gasteiger partial charge in [-0.25, -0.2) is 4.79 Å². The van der Waals surface area contributed by atoms with E-state index in [9.17, 15) is 14.4 Å². The van der Waals surface area contributed by atoms with Crippen LogP contribution in [0.3, 0.4) is 0 Å². The Balaban J connectivity index is 0.00000387. The van der Waals surface area contributed by atoms with E-state index in [4.69, 9.17) is 21.1 Å². The maximum atomic E-state index is 14.0. The van der Waals surface area contributed by atoms with E-state index in [1.54, 1.807) is 59.9 Å². The van der Waals surface area contributed by atoms with Crippen LogP contribution in [0.15, 0.2) is 77.6 Å². The molecule has 4 aromatic rings. The molecule has 9 heteroatoms. The summed E-state index contributed by atoms with van der Waals surface area (Å²) in [6.07, 6.45) is 0. The minimum Gasteiger partial charge on any atom is -0.497 e. The van der Waals surface area contributed by atoms with Gasteiger partial charge in [0.15, 0.2) is 0 Å². The lowest BCUT2D eigenvalue weighted by Gasteiger charge is -2.37. The molecule has 0 atom stereocenters. The number of ether oxygens (including phenoxy) is 2. The number of hydrogen-bond donors (Lipinski definition) is 0. The van der Waals surface area contributed by atoms with E-state index in [1.807, 2.05) is 41.3 Å². The second kappa shape index (κ2) is 12.9. The second-order valence-corrected chi connectivity index (χ2v) is 9.93. The molecule has 8 nitrogen and oxygen atoms in total. The zero-order valence-corrected chi connectivity index (χ0v) is 23.2. The Hall–Kier alpha value is -4.30. The predicted molar refractivity (Wildman–Crippen MR) is 163 cm³/mol. The molecule has 0 saturated carbocycles. The van der Waals surface area contributed by atoms with Crippen LogP contribution in [0.25, 0.3) is 10.9 Å². The van der Waals surface area contributed by atoms with Crippen LogP contribution >= 0.6 is 11.6 Å². The highest BCUT2D eigenvalue weighted by Crippen LogP contribution is 2.33. The molecule has 1 saturated heterocycles. The monoisotopic (exact) mass is 575 g/mol. The first kappa shape index (κ1) is 29.7. The summed E-state index contributed by atoms with van der Waals surface area (Å²) in [5, 5.41) is 1.17. The summed E-state index contributed by atoms with van der Waals surface area (Å²) in [5.74, 6) is -0.0811. The molecule has 1 aromatic heterocycles. The van der Waals surface area contributed by atoms with Crippen LogP contribution in [0.5, 0.6) is 5.75 Å². The van der Waals surface area contributed by atoms with E-state index in [1.165, 1.54) is 0 Å². The first-order valence-corrected chi connectivity index (χ1v) is 13.5. The van der Waals surface area contributed by atoms with E-state index >= 15 is 0 Å². The first-order chi connectivity index (χ1) is 19.4. The lowest BCUT2D eigenvalue weighted by Crippen LogP contribution is -2.49. The molecule has 2 heterocycles. The number of benzene rings is 3. The minimum atomic E-state index is -0.678. The van der Waals surface area contributed by atoms with Crippen LogP contribution in [0.4, 0.5) is 5.69 Å². The molecule has 0 spiro atoms. The highest BCUT2D eigenvalue weighted by Gasteiger charge is 2.30. The normalized spacial score (nSPS) is 13.0. The molecule has 0 bridgehead atoms. The number of aromatic nitrogens is 1. The summed E-state index contributed by atoms with van der Waals surface area (Å²) >= 11 is 6.45. The van der Waals surface area contributed by atoms with Crippen molar-refractivity contribution in [2.75, 3.05) is 44.8 Å². The van der Waals surface area contributed by atoms with Gasteiger partial charge in [0.05, 0.1) is 31.5 Å². The van der Waals surface area contributed by atoms with Gasteiger partial charge in [0.1, 0.15) is 11.3 Å². The van der Waals surface area contributed by atoms with Gasteiger partial charge in [-0.05, 0) is 55.0 Å². The highest BCUT2D eigenvalue weighted by molar-refractivity contribution is 6.31. The number of piperazine rings is 1. The van der Waals surface area contributed by atoms with Crippen molar-refractivity contribution in [1.82, 2.24) is 9.47 Å². The Kier molecular flexibility index (Phi) is 9.35. The van der Waals surface area contributed by atoms with Crippen molar-refractivity contribution in [2.24, 2.45) is 0 Å². The summed E-state index contributed by atoms with van der Waals surface area (Å²) in [6, 6.07) is 21.9. The molecule has 0 radical (unpaired) electrons. The summed E-state index contributed by atoms with van der Waals surface area (Å²) in [4.78, 5) is 44.2. The number of methoxy groups -OCH3 is 1. The van der Waals surface area contributed by atoms with Crippen LogP contribution in [0.2, 0.25) is 5.02 Å². The lowest BCUT2D eigenvalue weighted by atomic mass is 10.0. The summed E-state index contributed by atoms with van der Waals surface area (Å²) in [6.45, 7) is 3.82. The van der Waals surface area contributed by atoms with Crippen LogP contribution < -0.4 is 15.2 Å². The third-order valence-electron chi connectivity index (χ3n) is 7.08. The Labute approximate surface area is 244 Å². The number of hydrogen-bond acceptors (Lipinski definition) is 6. The topological polar surface area (TPSA) is 81.1 Å². The molecule has 0 unspecified atom stereocenters. The molecule has 5 rings (SSSR count). The SMILES string of the molecule is C.CCOC(=O)c1c(N2CCN(C(=O)c3ccc(OC)cc3)CC2)c2cc(Cl)ccc2n(Cc2ccccc2)c1=O. The van der Waals surface area contributed by atoms with Gasteiger partial charge in [0.25, 0.3) is 11.5 Å². The molecule has 214 valence electrons. The zero-order valence-electron chi connectivity index (χ0n) is 22.4. The second-order valence-electron chi connectivity index (χ2n) is 9.49. The summed E-state index contributed by atoms with van der Waals surface area (Å²) in [5.41, 5.74) is 2.20. The highest BCUT2D eigenvalue weighted by atomic mass is 35.5. The Morgan fingerprint density at radius 3 is 2.24 bits per heavy atom. The van der Waals surface area contributed by atoms with Crippen LogP contribution in [-0.4, -0.2) is 61.2 Å². The molecule has 3 aromatic carbocycles. The van der Waals surface area contributed by atoms with E-state index in [0.717, 1.165) is 5.56 Å². The maximum Gasteiger partial charge on any atom is 0.345 e. The van der Waals surface area contributed by atoms with Gasteiger partial charge in [-0.15, -0.1) is 0 Å². The fourth-order valence-electron chi connectivity index (χ4n) is 5.10. The van der Waals surface area contributed by atoms with Crippen molar-refractivity contribution in [3.8, 4) is 5.75 Å². The fourth-order valence-corrected chi connectivity index (χ4v) is 5.27. The molecule has 1 aliphatic rings. The van der Waals surface area contributed by atoms with Gasteiger partial charge in [0.2, 0.25) is 0 Å². The molecule has 1 aliphatic heterocycles. The lowest BCUT2D eigenvalue weighted by molar-refractivity contribution is 0.0523. The molecule has 1 fully saturated rings. The van der Waals surface area contributed by atoms with Crippen molar-refractivity contribution in [3.05, 3.63) is 105 Å². The Bertz CT molecular complexity index is 1590. The van der Waals surface area contributed by atoms with Crippen molar-refractivity contribution in [1.29, 1.82) is 0 Å². The van der Waals surface area contributed by atoms with Crippen molar-refractivity contribution in [2.45, 2.75) is 20.9 Å². The third kappa shape index (κ3) is 6.07. The number of pyridine rings is 1. The summed E-state index contributed by atoms with van der Waals surface area (Å²) < 4.78 is 12.2. The number of rotatable bonds is 7. The zero-order chi connectivity index (χ0) is 28.2. The van der Waals surface area contributed by atoms with Gasteiger partial charge in [0, 0.05) is 42.2 Å². The smallest absolute Gasteiger partial charge is 0.345 e. The number of esters is 1. The number of nitrogens with zero attached hydrogens (tertiary/aromatic N) is 3. The maximum absolute atomic E-state index is 14.0. The quantitative estimate of drug-likeness (QED) is 0.271. The molecular weight excluding hydrogens is 542 g/mol. The van der Waals surface area contributed by atoms with Gasteiger partial charge >= 0.3 is 5.97 Å². The Morgan fingerprint density at radius 1 is 0.927 bits per heavy atom. The van der Waals surface area contributed by atoms with Crippen molar-refractivity contribution in [3.63, 3.8) is 0 Å². The van der Waals surface area contributed by atoms with Gasteiger partial charge in [-0.1, -0.05) is 49.4 Å². The van der Waals surface area contributed by atoms with Crippen LogP contribution in [0.1, 0.15) is 40.6 Å². The van der Waals surface area contributed by atoms with Gasteiger partial charge in [-0.3, -0.25) is 9.59 Å². The summed E-state index contributed by atoms with van der Waals surface area (Å²) in [7, 11) is 1.58. The Morgan fingerprint density at radius 2 is 1.61 bits per heavy atom. The number of halogens is 1. The third-order valence-corrected chi connectivity index (χ3v) is 7.32. The largest absolute Gasteiger partial charge is 0.497 e.